The van der Waals surface area contributed by atoms with Gasteiger partial charge in [0.2, 0.25) is 0 Å². The van der Waals surface area contributed by atoms with E-state index in [4.69, 9.17) is 31.2 Å². The van der Waals surface area contributed by atoms with E-state index in [0.717, 1.165) is 0 Å². The Balaban J connectivity index is 2.06. The number of aromatic nitrogens is 1. The molecule has 0 fully saturated rings. The van der Waals surface area contributed by atoms with E-state index in [0.29, 0.717) is 22.8 Å². The first-order valence-electron chi connectivity index (χ1n) is 10.5. The molecule has 1 heterocycles. The third kappa shape index (κ3) is 7.68. The predicted octanol–water partition coefficient (Wildman–Crippen LogP) is 4.72. The number of ether oxygens (including phenoxy) is 4. The summed E-state index contributed by atoms with van der Waals surface area (Å²) in [5, 5.41) is 0. The van der Waals surface area contributed by atoms with E-state index in [9.17, 15) is 9.59 Å². The Labute approximate surface area is 199 Å². The van der Waals surface area contributed by atoms with Gasteiger partial charge in [0.15, 0.2) is 11.5 Å². The average Bonchev–Trinajstić information content (AvgIpc) is 2.79. The molecule has 7 nitrogen and oxygen atoms in total. The van der Waals surface area contributed by atoms with Crippen molar-refractivity contribution in [2.45, 2.75) is 45.8 Å². The highest BCUT2D eigenvalue weighted by molar-refractivity contribution is 7.80. The van der Waals surface area contributed by atoms with E-state index < -0.39 is 24.0 Å². The van der Waals surface area contributed by atoms with Crippen LogP contribution in [0.4, 0.5) is 0 Å². The van der Waals surface area contributed by atoms with E-state index in [1.165, 1.54) is 20.2 Å². The Bertz CT molecular complexity index is 978. The first-order valence-corrected chi connectivity index (χ1v) is 10.9. The molecule has 2 rings (SSSR count). The molecule has 0 unspecified atom stereocenters. The molecule has 0 aliphatic heterocycles. The number of carbonyl (C=O) groups is 2. The van der Waals surface area contributed by atoms with Crippen LogP contribution in [0.25, 0.3) is 0 Å². The van der Waals surface area contributed by atoms with Crippen molar-refractivity contribution in [3.8, 4) is 17.2 Å². The van der Waals surface area contributed by atoms with Crippen molar-refractivity contribution >= 4 is 29.0 Å². The molecule has 33 heavy (non-hydrogen) atoms. The highest BCUT2D eigenvalue weighted by Crippen LogP contribution is 2.31. The Kier molecular flexibility index (Phi) is 10.00. The molecule has 1 aromatic heterocycles. The molecule has 0 spiro atoms. The molecule has 0 saturated heterocycles. The number of nitrogens with zero attached hydrogens (tertiary/aromatic N) is 1. The van der Waals surface area contributed by atoms with E-state index in [2.05, 4.69) is 11.6 Å². The van der Waals surface area contributed by atoms with Gasteiger partial charge in [0.25, 0.3) is 0 Å². The SMILES string of the molecule is C=CC[C@@H](Oc1ccccc1)[C@H](C)OC(=O)[C@H](C)CC(=S)c1nccc(OC)c1OC(C)=O. The van der Waals surface area contributed by atoms with Gasteiger partial charge in [0.05, 0.1) is 13.0 Å². The summed E-state index contributed by atoms with van der Waals surface area (Å²) in [6.07, 6.45) is 3.01. The van der Waals surface area contributed by atoms with Crippen LogP contribution in [0.1, 0.15) is 39.3 Å². The van der Waals surface area contributed by atoms with Gasteiger partial charge in [-0.3, -0.25) is 14.6 Å². The van der Waals surface area contributed by atoms with Crippen LogP contribution in [-0.4, -0.2) is 41.1 Å². The fourth-order valence-electron chi connectivity index (χ4n) is 3.04. The number of carbonyl (C=O) groups excluding carboxylic acids is 2. The average molecular weight is 472 g/mol. The standard InChI is InChI=1S/C25H29NO6S/c1-6-10-20(32-19-11-8-7-9-12-19)17(3)30-25(28)16(2)15-22(33)23-24(31-18(4)27)21(29-5)13-14-26-23/h6-9,11-14,16-17,20H,1,10,15H2,2-5H3/t16-,17+,20-/m1/s1. The predicted molar refractivity (Wildman–Crippen MR) is 129 cm³/mol. The summed E-state index contributed by atoms with van der Waals surface area (Å²) < 4.78 is 22.2. The molecule has 3 atom stereocenters. The molecule has 0 bridgehead atoms. The Morgan fingerprint density at radius 2 is 1.88 bits per heavy atom. The van der Waals surface area contributed by atoms with Gasteiger partial charge in [-0.2, -0.15) is 0 Å². The number of pyridine rings is 1. The van der Waals surface area contributed by atoms with E-state index in [-0.39, 0.29) is 24.0 Å². The maximum absolute atomic E-state index is 12.8. The first-order chi connectivity index (χ1) is 15.8. The van der Waals surface area contributed by atoms with E-state index >= 15 is 0 Å². The zero-order chi connectivity index (χ0) is 24.4. The molecule has 0 aliphatic carbocycles. The Morgan fingerprint density at radius 1 is 1.18 bits per heavy atom. The molecule has 0 radical (unpaired) electrons. The minimum atomic E-state index is -0.556. The molecule has 1 aromatic carbocycles. The third-order valence-corrected chi connectivity index (χ3v) is 5.11. The number of benzene rings is 1. The van der Waals surface area contributed by atoms with Gasteiger partial charge in [-0.15, -0.1) is 6.58 Å². The van der Waals surface area contributed by atoms with Crippen molar-refractivity contribution in [3.05, 3.63) is 60.9 Å². The lowest BCUT2D eigenvalue weighted by Crippen LogP contribution is -2.35. The second kappa shape index (κ2) is 12.7. The normalized spacial score (nSPS) is 13.2. The molecule has 2 aromatic rings. The highest BCUT2D eigenvalue weighted by Gasteiger charge is 2.27. The van der Waals surface area contributed by atoms with E-state index in [1.54, 1.807) is 26.0 Å². The van der Waals surface area contributed by atoms with Crippen LogP contribution < -0.4 is 14.2 Å². The van der Waals surface area contributed by atoms with Crippen LogP contribution >= 0.6 is 12.2 Å². The summed E-state index contributed by atoms with van der Waals surface area (Å²) in [7, 11) is 1.45. The number of methoxy groups -OCH3 is 1. The third-order valence-electron chi connectivity index (χ3n) is 4.75. The second-order valence-corrected chi connectivity index (χ2v) is 7.94. The Hall–Kier alpha value is -3.26. The van der Waals surface area contributed by atoms with Crippen molar-refractivity contribution in [1.29, 1.82) is 0 Å². The van der Waals surface area contributed by atoms with Gasteiger partial charge in [-0.05, 0) is 25.5 Å². The lowest BCUT2D eigenvalue weighted by atomic mass is 10.0. The molecular formula is C25H29NO6S. The monoisotopic (exact) mass is 471 g/mol. The van der Waals surface area contributed by atoms with Gasteiger partial charge in [0, 0.05) is 30.5 Å². The number of hydrogen-bond donors (Lipinski definition) is 0. The van der Waals surface area contributed by atoms with Crippen molar-refractivity contribution in [2.24, 2.45) is 5.92 Å². The topological polar surface area (TPSA) is 84.0 Å². The van der Waals surface area contributed by atoms with Gasteiger partial charge >= 0.3 is 11.9 Å². The van der Waals surface area contributed by atoms with E-state index in [1.807, 2.05) is 30.3 Å². The van der Waals surface area contributed by atoms with Crippen LogP contribution in [0, 0.1) is 5.92 Å². The summed E-state index contributed by atoms with van der Waals surface area (Å²) >= 11 is 5.50. The van der Waals surface area contributed by atoms with Crippen molar-refractivity contribution < 1.29 is 28.5 Å². The Morgan fingerprint density at radius 3 is 2.48 bits per heavy atom. The summed E-state index contributed by atoms with van der Waals surface area (Å²) in [6.45, 7) is 8.54. The zero-order valence-electron chi connectivity index (χ0n) is 19.3. The van der Waals surface area contributed by atoms with Crippen LogP contribution in [0.15, 0.2) is 55.3 Å². The molecule has 0 N–H and O–H groups in total. The van der Waals surface area contributed by atoms with Crippen molar-refractivity contribution in [1.82, 2.24) is 4.98 Å². The maximum Gasteiger partial charge on any atom is 0.309 e. The summed E-state index contributed by atoms with van der Waals surface area (Å²) in [6, 6.07) is 10.9. The number of thiocarbonyl (C=S) groups is 1. The number of para-hydroxylation sites is 1. The minimum absolute atomic E-state index is 0.133. The molecule has 0 saturated carbocycles. The summed E-state index contributed by atoms with van der Waals surface area (Å²) in [5.74, 6) is -0.367. The fraction of sp³-hybridized carbons (Fsp3) is 0.360. The largest absolute Gasteiger partial charge is 0.493 e. The quantitative estimate of drug-likeness (QED) is 0.190. The molecule has 176 valence electrons. The summed E-state index contributed by atoms with van der Waals surface area (Å²) in [4.78, 5) is 28.9. The number of esters is 2. The van der Waals surface area contributed by atoms with Gasteiger partial charge < -0.3 is 18.9 Å². The van der Waals surface area contributed by atoms with Gasteiger partial charge in [0.1, 0.15) is 23.7 Å². The first kappa shape index (κ1) is 26.0. The smallest absolute Gasteiger partial charge is 0.309 e. The molecule has 0 amide bonds. The van der Waals surface area contributed by atoms with Gasteiger partial charge in [-0.1, -0.05) is 43.4 Å². The van der Waals surface area contributed by atoms with Crippen molar-refractivity contribution in [3.63, 3.8) is 0 Å². The molecule has 8 heteroatoms. The highest BCUT2D eigenvalue weighted by atomic mass is 32.1. The zero-order valence-corrected chi connectivity index (χ0v) is 20.1. The van der Waals surface area contributed by atoms with Gasteiger partial charge in [-0.25, -0.2) is 0 Å². The fourth-order valence-corrected chi connectivity index (χ4v) is 3.43. The maximum atomic E-state index is 12.8. The second-order valence-electron chi connectivity index (χ2n) is 7.45. The lowest BCUT2D eigenvalue weighted by Gasteiger charge is -2.25. The minimum Gasteiger partial charge on any atom is -0.493 e. The molecular weight excluding hydrogens is 442 g/mol. The lowest BCUT2D eigenvalue weighted by molar-refractivity contribution is -0.156. The van der Waals surface area contributed by atoms with Crippen LogP contribution in [-0.2, 0) is 14.3 Å². The van der Waals surface area contributed by atoms with Crippen molar-refractivity contribution in [2.75, 3.05) is 7.11 Å². The summed E-state index contributed by atoms with van der Waals surface area (Å²) in [5.41, 5.74) is 0.282. The number of rotatable bonds is 12. The van der Waals surface area contributed by atoms with Crippen LogP contribution in [0.2, 0.25) is 0 Å². The van der Waals surface area contributed by atoms with Crippen LogP contribution in [0.5, 0.6) is 17.2 Å². The molecule has 0 aliphatic rings. The van der Waals surface area contributed by atoms with Crippen LogP contribution in [0.3, 0.4) is 0 Å². The number of hydrogen-bond acceptors (Lipinski definition) is 8.